The summed E-state index contributed by atoms with van der Waals surface area (Å²) >= 11 is 6.53. The van der Waals surface area contributed by atoms with Crippen molar-refractivity contribution in [2.75, 3.05) is 17.4 Å². The summed E-state index contributed by atoms with van der Waals surface area (Å²) in [6.45, 7) is 3.62. The van der Waals surface area contributed by atoms with Gasteiger partial charge in [-0.05, 0) is 54.3 Å². The Balaban J connectivity index is 1.82. The molecule has 0 fully saturated rings. The first-order valence-corrected chi connectivity index (χ1v) is 16.1. The van der Waals surface area contributed by atoms with Crippen LogP contribution in [-0.2, 0) is 39.0 Å². The summed E-state index contributed by atoms with van der Waals surface area (Å²) in [5.41, 5.74) is 2.70. The third kappa shape index (κ3) is 7.83. The van der Waals surface area contributed by atoms with Crippen LogP contribution in [0, 0.1) is 0 Å². The highest BCUT2D eigenvalue weighted by Gasteiger charge is 2.35. The normalized spacial score (nSPS) is 11.9. The van der Waals surface area contributed by atoms with E-state index in [1.165, 1.54) is 17.0 Å². The summed E-state index contributed by atoms with van der Waals surface area (Å²) in [4.78, 5) is 29.5. The molecule has 4 aromatic carbocycles. The SMILES string of the molecule is CCNC(=O)C(Cc1ccccc1)N(Cc1ccccc1Cl)C(=O)CN(c1ccccc1CC)S(=O)(=O)c1ccccc1. The predicted octanol–water partition coefficient (Wildman–Crippen LogP) is 5.87. The molecule has 7 nitrogen and oxygen atoms in total. The van der Waals surface area contributed by atoms with Gasteiger partial charge in [-0.15, -0.1) is 0 Å². The summed E-state index contributed by atoms with van der Waals surface area (Å²) in [5.74, 6) is -0.865. The van der Waals surface area contributed by atoms with E-state index in [4.69, 9.17) is 11.6 Å². The molecular formula is C34H36ClN3O4S. The molecule has 0 aliphatic carbocycles. The largest absolute Gasteiger partial charge is 0.355 e. The zero-order chi connectivity index (χ0) is 30.8. The number of para-hydroxylation sites is 1. The van der Waals surface area contributed by atoms with E-state index in [1.54, 1.807) is 48.5 Å². The summed E-state index contributed by atoms with van der Waals surface area (Å²) in [5, 5.41) is 3.31. The number of aryl methyl sites for hydroxylation is 1. The number of halogens is 1. The number of amides is 2. The fourth-order valence-corrected chi connectivity index (χ4v) is 6.61. The van der Waals surface area contributed by atoms with Crippen LogP contribution in [0.1, 0.15) is 30.5 Å². The number of hydrogen-bond acceptors (Lipinski definition) is 4. The van der Waals surface area contributed by atoms with Crippen LogP contribution in [0.15, 0.2) is 114 Å². The molecule has 0 bridgehead atoms. The lowest BCUT2D eigenvalue weighted by Crippen LogP contribution is -2.53. The van der Waals surface area contributed by atoms with Crippen molar-refractivity contribution in [2.45, 2.75) is 44.2 Å². The Morgan fingerprint density at radius 2 is 1.37 bits per heavy atom. The summed E-state index contributed by atoms with van der Waals surface area (Å²) < 4.78 is 29.4. The zero-order valence-electron chi connectivity index (χ0n) is 24.3. The number of rotatable bonds is 13. The second-order valence-corrected chi connectivity index (χ2v) is 12.3. The fraction of sp³-hybridized carbons (Fsp3) is 0.235. The number of anilines is 1. The molecule has 0 aromatic heterocycles. The highest BCUT2D eigenvalue weighted by atomic mass is 35.5. The van der Waals surface area contributed by atoms with Crippen LogP contribution in [-0.4, -0.2) is 44.3 Å². The van der Waals surface area contributed by atoms with Gasteiger partial charge in [0.1, 0.15) is 12.6 Å². The van der Waals surface area contributed by atoms with Crippen molar-refractivity contribution in [1.82, 2.24) is 10.2 Å². The number of nitrogens with zero attached hydrogens (tertiary/aromatic N) is 2. The number of benzene rings is 4. The third-order valence-electron chi connectivity index (χ3n) is 7.17. The van der Waals surface area contributed by atoms with Crippen molar-refractivity contribution in [3.05, 3.63) is 131 Å². The standard InChI is InChI=1S/C34H36ClN3O4S/c1-3-27-17-12-14-22-31(27)38(43(41,42)29-19-9-6-10-20-29)25-33(39)37(24-28-18-11-13-21-30(28)35)32(34(40)36-4-2)23-26-15-7-5-8-16-26/h5-22,32H,3-4,23-25H2,1-2H3,(H,36,40). The molecule has 0 saturated carbocycles. The quantitative estimate of drug-likeness (QED) is 0.203. The molecule has 43 heavy (non-hydrogen) atoms. The van der Waals surface area contributed by atoms with Gasteiger partial charge >= 0.3 is 0 Å². The number of nitrogens with one attached hydrogen (secondary N) is 1. The van der Waals surface area contributed by atoms with Gasteiger partial charge in [0, 0.05) is 24.5 Å². The van der Waals surface area contributed by atoms with E-state index in [9.17, 15) is 18.0 Å². The average molecular weight is 618 g/mol. The molecule has 0 aliphatic heterocycles. The maximum atomic E-state index is 14.5. The van der Waals surface area contributed by atoms with Gasteiger partial charge in [0.05, 0.1) is 10.6 Å². The molecule has 0 aliphatic rings. The maximum Gasteiger partial charge on any atom is 0.264 e. The average Bonchev–Trinajstić information content (AvgIpc) is 3.03. The van der Waals surface area contributed by atoms with Crippen molar-refractivity contribution in [3.8, 4) is 0 Å². The molecule has 0 heterocycles. The molecule has 4 aromatic rings. The van der Waals surface area contributed by atoms with Gasteiger partial charge in [-0.2, -0.15) is 0 Å². The molecule has 0 saturated heterocycles. The lowest BCUT2D eigenvalue weighted by molar-refractivity contribution is -0.140. The van der Waals surface area contributed by atoms with E-state index in [1.807, 2.05) is 62.4 Å². The van der Waals surface area contributed by atoms with Crippen LogP contribution >= 0.6 is 11.6 Å². The molecule has 2 amide bonds. The second-order valence-electron chi connectivity index (χ2n) is 10.0. The summed E-state index contributed by atoms with van der Waals surface area (Å²) in [6, 6.07) is 30.8. The van der Waals surface area contributed by atoms with E-state index >= 15 is 0 Å². The monoisotopic (exact) mass is 617 g/mol. The third-order valence-corrected chi connectivity index (χ3v) is 9.31. The van der Waals surface area contributed by atoms with Gasteiger partial charge in [-0.25, -0.2) is 8.42 Å². The highest BCUT2D eigenvalue weighted by molar-refractivity contribution is 7.92. The van der Waals surface area contributed by atoms with Crippen LogP contribution in [0.2, 0.25) is 5.02 Å². The number of sulfonamides is 1. The lowest BCUT2D eigenvalue weighted by atomic mass is 10.0. The summed E-state index contributed by atoms with van der Waals surface area (Å²) in [7, 11) is -4.15. The molecule has 1 atom stereocenters. The van der Waals surface area contributed by atoms with Crippen molar-refractivity contribution in [2.24, 2.45) is 0 Å². The first-order valence-electron chi connectivity index (χ1n) is 14.3. The van der Waals surface area contributed by atoms with Gasteiger partial charge in [-0.1, -0.05) is 103 Å². The minimum atomic E-state index is -4.15. The topological polar surface area (TPSA) is 86.8 Å². The van der Waals surface area contributed by atoms with Crippen LogP contribution in [0.25, 0.3) is 0 Å². The minimum Gasteiger partial charge on any atom is -0.355 e. The van der Waals surface area contributed by atoms with Gasteiger partial charge in [0.2, 0.25) is 11.8 Å². The fourth-order valence-electron chi connectivity index (χ4n) is 4.94. The number of likely N-dealkylation sites (N-methyl/N-ethyl adjacent to an activating group) is 1. The van der Waals surface area contributed by atoms with Crippen molar-refractivity contribution in [3.63, 3.8) is 0 Å². The first-order chi connectivity index (χ1) is 20.8. The van der Waals surface area contributed by atoms with Crippen molar-refractivity contribution < 1.29 is 18.0 Å². The number of hydrogen-bond donors (Lipinski definition) is 1. The number of carbonyl (C=O) groups excluding carboxylic acids is 2. The zero-order valence-corrected chi connectivity index (χ0v) is 25.9. The lowest BCUT2D eigenvalue weighted by Gasteiger charge is -2.34. The van der Waals surface area contributed by atoms with Crippen LogP contribution in [0.3, 0.4) is 0 Å². The van der Waals surface area contributed by atoms with E-state index in [0.29, 0.717) is 29.2 Å². The molecule has 224 valence electrons. The van der Waals surface area contributed by atoms with Crippen LogP contribution in [0.4, 0.5) is 5.69 Å². The first kappa shape index (κ1) is 31.8. The molecule has 1 unspecified atom stereocenters. The molecule has 1 N–H and O–H groups in total. The van der Waals surface area contributed by atoms with E-state index < -0.39 is 28.5 Å². The Bertz CT molecular complexity index is 1630. The Morgan fingerprint density at radius 1 is 0.791 bits per heavy atom. The van der Waals surface area contributed by atoms with Crippen LogP contribution < -0.4 is 9.62 Å². The maximum absolute atomic E-state index is 14.5. The number of carbonyl (C=O) groups is 2. The van der Waals surface area contributed by atoms with Gasteiger partial charge in [0.15, 0.2) is 0 Å². The Morgan fingerprint density at radius 3 is 2.00 bits per heavy atom. The van der Waals surface area contributed by atoms with Gasteiger partial charge < -0.3 is 10.2 Å². The molecule has 4 rings (SSSR count). The highest BCUT2D eigenvalue weighted by Crippen LogP contribution is 2.29. The second kappa shape index (κ2) is 14.8. The molecule has 9 heteroatoms. The van der Waals surface area contributed by atoms with Gasteiger partial charge in [-0.3, -0.25) is 13.9 Å². The Kier molecular flexibility index (Phi) is 11.0. The van der Waals surface area contributed by atoms with Crippen molar-refractivity contribution >= 4 is 39.1 Å². The van der Waals surface area contributed by atoms with Gasteiger partial charge in [0.25, 0.3) is 10.0 Å². The van der Waals surface area contributed by atoms with Crippen molar-refractivity contribution in [1.29, 1.82) is 0 Å². The molecular weight excluding hydrogens is 582 g/mol. The van der Waals surface area contributed by atoms with E-state index in [0.717, 1.165) is 15.4 Å². The predicted molar refractivity (Wildman–Crippen MR) is 171 cm³/mol. The van der Waals surface area contributed by atoms with E-state index in [2.05, 4.69) is 5.32 Å². The Hall–Kier alpha value is -4.14. The minimum absolute atomic E-state index is 0.0157. The summed E-state index contributed by atoms with van der Waals surface area (Å²) in [6.07, 6.45) is 0.796. The smallest absolute Gasteiger partial charge is 0.264 e. The molecule has 0 spiro atoms. The van der Waals surface area contributed by atoms with E-state index in [-0.39, 0.29) is 23.8 Å². The van der Waals surface area contributed by atoms with Crippen LogP contribution in [0.5, 0.6) is 0 Å². The molecule has 0 radical (unpaired) electrons. The Labute approximate surface area is 259 Å².